The second kappa shape index (κ2) is 5.40. The molecule has 0 unspecified atom stereocenters. The molecule has 1 aliphatic rings. The number of nitrogens with zero attached hydrogens (tertiary/aromatic N) is 1. The number of nitrogens with two attached hydrogens (primary N) is 1. The third-order valence-corrected chi connectivity index (χ3v) is 3.55. The Morgan fingerprint density at radius 2 is 1.88 bits per heavy atom. The molecule has 0 radical (unpaired) electrons. The van der Waals surface area contributed by atoms with Gasteiger partial charge in [0.05, 0.1) is 0 Å². The van der Waals surface area contributed by atoms with Gasteiger partial charge in [-0.2, -0.15) is 0 Å². The van der Waals surface area contributed by atoms with Crippen LogP contribution in [0, 0.1) is 0 Å². The first-order chi connectivity index (χ1) is 8.15. The number of carbonyl (C=O) groups excluding carboxylic acids is 1. The number of amides is 2. The van der Waals surface area contributed by atoms with Crippen molar-refractivity contribution < 1.29 is 4.79 Å². The van der Waals surface area contributed by atoms with E-state index in [1.54, 1.807) is 4.90 Å². The Morgan fingerprint density at radius 1 is 1.29 bits per heavy atom. The minimum Gasteiger partial charge on any atom is -0.382 e. The minimum absolute atomic E-state index is 0.313. The van der Waals surface area contributed by atoms with Crippen LogP contribution in [0.15, 0.2) is 28.7 Å². The minimum atomic E-state index is -0.313. The molecule has 1 aromatic carbocycles. The molecule has 0 bridgehead atoms. The molecule has 0 saturated carbocycles. The zero-order valence-electron chi connectivity index (χ0n) is 9.53. The van der Waals surface area contributed by atoms with Crippen molar-refractivity contribution in [3.63, 3.8) is 0 Å². The lowest BCUT2D eigenvalue weighted by molar-refractivity contribution is 0.193. The van der Waals surface area contributed by atoms with Crippen LogP contribution in [0.2, 0.25) is 0 Å². The standard InChI is InChI=1S/C12H16BrN3O/c13-9-1-3-10(4-2-9)15-11-5-7-16(8-6-11)12(14)17/h1-4,11,15H,5-8H2,(H2,14,17). The number of benzene rings is 1. The van der Waals surface area contributed by atoms with Gasteiger partial charge in [0.25, 0.3) is 0 Å². The molecule has 5 heteroatoms. The molecule has 1 aliphatic heterocycles. The Bertz CT molecular complexity index is 385. The molecular weight excluding hydrogens is 282 g/mol. The average molecular weight is 298 g/mol. The number of hydrogen-bond acceptors (Lipinski definition) is 2. The number of piperidine rings is 1. The van der Waals surface area contributed by atoms with Crippen molar-refractivity contribution in [1.82, 2.24) is 4.90 Å². The summed E-state index contributed by atoms with van der Waals surface area (Å²) in [7, 11) is 0. The first kappa shape index (κ1) is 12.2. The van der Waals surface area contributed by atoms with E-state index in [1.165, 1.54) is 0 Å². The van der Waals surface area contributed by atoms with Crippen molar-refractivity contribution in [2.45, 2.75) is 18.9 Å². The molecule has 2 amide bonds. The van der Waals surface area contributed by atoms with Crippen molar-refractivity contribution in [1.29, 1.82) is 0 Å². The number of likely N-dealkylation sites (tertiary alicyclic amines) is 1. The summed E-state index contributed by atoms with van der Waals surface area (Å²) < 4.78 is 1.08. The molecule has 0 aromatic heterocycles. The average Bonchev–Trinajstić information content (AvgIpc) is 2.33. The van der Waals surface area contributed by atoms with Crippen molar-refractivity contribution >= 4 is 27.6 Å². The summed E-state index contributed by atoms with van der Waals surface area (Å²) in [5.74, 6) is 0. The van der Waals surface area contributed by atoms with Crippen LogP contribution in [0.1, 0.15) is 12.8 Å². The van der Waals surface area contributed by atoms with Gasteiger partial charge in [-0.15, -0.1) is 0 Å². The molecule has 3 N–H and O–H groups in total. The fourth-order valence-corrected chi connectivity index (χ4v) is 2.29. The van der Waals surface area contributed by atoms with Gasteiger partial charge in [0.1, 0.15) is 0 Å². The second-order valence-electron chi connectivity index (χ2n) is 4.25. The molecular formula is C12H16BrN3O. The Labute approximate surface area is 109 Å². The molecule has 0 spiro atoms. The highest BCUT2D eigenvalue weighted by Crippen LogP contribution is 2.18. The van der Waals surface area contributed by atoms with Gasteiger partial charge in [0.15, 0.2) is 0 Å². The summed E-state index contributed by atoms with van der Waals surface area (Å²) in [6.45, 7) is 1.48. The number of nitrogens with one attached hydrogen (secondary N) is 1. The number of primary amides is 1. The lowest BCUT2D eigenvalue weighted by atomic mass is 10.1. The maximum Gasteiger partial charge on any atom is 0.314 e. The van der Waals surface area contributed by atoms with E-state index in [2.05, 4.69) is 21.2 Å². The first-order valence-corrected chi connectivity index (χ1v) is 6.51. The highest BCUT2D eigenvalue weighted by atomic mass is 79.9. The van der Waals surface area contributed by atoms with E-state index >= 15 is 0 Å². The predicted molar refractivity (Wildman–Crippen MR) is 71.9 cm³/mol. The van der Waals surface area contributed by atoms with E-state index < -0.39 is 0 Å². The molecule has 0 atom stereocenters. The number of halogens is 1. The van der Waals surface area contributed by atoms with Crippen LogP contribution in [-0.2, 0) is 0 Å². The molecule has 1 saturated heterocycles. The molecule has 0 aliphatic carbocycles. The summed E-state index contributed by atoms with van der Waals surface area (Å²) in [5.41, 5.74) is 6.36. The smallest absolute Gasteiger partial charge is 0.314 e. The monoisotopic (exact) mass is 297 g/mol. The van der Waals surface area contributed by atoms with Gasteiger partial charge in [0.2, 0.25) is 0 Å². The van der Waals surface area contributed by atoms with Crippen LogP contribution < -0.4 is 11.1 Å². The van der Waals surface area contributed by atoms with Crippen molar-refractivity contribution in [3.05, 3.63) is 28.7 Å². The van der Waals surface area contributed by atoms with Crippen LogP contribution in [0.5, 0.6) is 0 Å². The van der Waals surface area contributed by atoms with E-state index in [4.69, 9.17) is 5.73 Å². The molecule has 92 valence electrons. The quantitative estimate of drug-likeness (QED) is 0.881. The van der Waals surface area contributed by atoms with Gasteiger partial charge in [-0.3, -0.25) is 0 Å². The van der Waals surface area contributed by atoms with Crippen LogP contribution >= 0.6 is 15.9 Å². The summed E-state index contributed by atoms with van der Waals surface area (Å²) >= 11 is 3.41. The summed E-state index contributed by atoms with van der Waals surface area (Å²) in [4.78, 5) is 12.7. The highest BCUT2D eigenvalue weighted by molar-refractivity contribution is 9.10. The summed E-state index contributed by atoms with van der Waals surface area (Å²) in [6.07, 6.45) is 1.89. The predicted octanol–water partition coefficient (Wildman–Crippen LogP) is 2.40. The second-order valence-corrected chi connectivity index (χ2v) is 5.17. The highest BCUT2D eigenvalue weighted by Gasteiger charge is 2.20. The number of anilines is 1. The molecule has 1 fully saturated rings. The number of carbonyl (C=O) groups is 1. The fraction of sp³-hybridized carbons (Fsp3) is 0.417. The van der Waals surface area contributed by atoms with Crippen LogP contribution in [-0.4, -0.2) is 30.1 Å². The maximum absolute atomic E-state index is 11.0. The molecule has 1 aromatic rings. The normalized spacial score (nSPS) is 16.9. The Kier molecular flexibility index (Phi) is 3.89. The van der Waals surface area contributed by atoms with Crippen LogP contribution in [0.4, 0.5) is 10.5 Å². The molecule has 1 heterocycles. The SMILES string of the molecule is NC(=O)N1CCC(Nc2ccc(Br)cc2)CC1. The number of rotatable bonds is 2. The van der Waals surface area contributed by atoms with Gasteiger partial charge in [0, 0.05) is 29.3 Å². The molecule has 2 rings (SSSR count). The van der Waals surface area contributed by atoms with E-state index in [0.29, 0.717) is 6.04 Å². The van der Waals surface area contributed by atoms with Crippen LogP contribution in [0.3, 0.4) is 0 Å². The summed E-state index contributed by atoms with van der Waals surface area (Å²) in [6, 6.07) is 8.23. The van der Waals surface area contributed by atoms with Crippen molar-refractivity contribution in [2.75, 3.05) is 18.4 Å². The molecule has 4 nitrogen and oxygen atoms in total. The first-order valence-electron chi connectivity index (χ1n) is 5.71. The van der Waals surface area contributed by atoms with Gasteiger partial charge in [-0.05, 0) is 37.1 Å². The maximum atomic E-state index is 11.0. The Balaban J connectivity index is 1.85. The van der Waals surface area contributed by atoms with Gasteiger partial charge in [-0.1, -0.05) is 15.9 Å². The molecule has 17 heavy (non-hydrogen) atoms. The lowest BCUT2D eigenvalue weighted by Crippen LogP contribution is -2.44. The number of hydrogen-bond donors (Lipinski definition) is 2. The third kappa shape index (κ3) is 3.36. The summed E-state index contributed by atoms with van der Waals surface area (Å²) in [5, 5.41) is 3.47. The third-order valence-electron chi connectivity index (χ3n) is 3.02. The van der Waals surface area contributed by atoms with E-state index in [9.17, 15) is 4.79 Å². The van der Waals surface area contributed by atoms with Crippen molar-refractivity contribution in [3.8, 4) is 0 Å². The van der Waals surface area contributed by atoms with Gasteiger partial charge in [-0.25, -0.2) is 4.79 Å². The van der Waals surface area contributed by atoms with E-state index in [1.807, 2.05) is 24.3 Å². The van der Waals surface area contributed by atoms with Gasteiger partial charge < -0.3 is 16.0 Å². The van der Waals surface area contributed by atoms with Gasteiger partial charge >= 0.3 is 6.03 Å². The zero-order chi connectivity index (χ0) is 12.3. The van der Waals surface area contributed by atoms with Crippen LogP contribution in [0.25, 0.3) is 0 Å². The number of urea groups is 1. The Morgan fingerprint density at radius 3 is 2.41 bits per heavy atom. The van der Waals surface area contributed by atoms with E-state index in [-0.39, 0.29) is 6.03 Å². The fourth-order valence-electron chi connectivity index (χ4n) is 2.03. The Hall–Kier alpha value is -1.23. The lowest BCUT2D eigenvalue weighted by Gasteiger charge is -2.31. The van der Waals surface area contributed by atoms with Crippen molar-refractivity contribution in [2.24, 2.45) is 5.73 Å². The zero-order valence-corrected chi connectivity index (χ0v) is 11.1. The van der Waals surface area contributed by atoms with E-state index in [0.717, 1.165) is 36.1 Å². The topological polar surface area (TPSA) is 58.4 Å². The largest absolute Gasteiger partial charge is 0.382 e.